The van der Waals surface area contributed by atoms with E-state index in [2.05, 4.69) is 11.0 Å². The number of furan rings is 1. The monoisotopic (exact) mass is 258 g/mol. The van der Waals surface area contributed by atoms with Gasteiger partial charge in [0.2, 0.25) is 0 Å². The van der Waals surface area contributed by atoms with Gasteiger partial charge in [0.05, 0.1) is 12.8 Å². The number of benzene rings is 1. The van der Waals surface area contributed by atoms with Gasteiger partial charge in [0.1, 0.15) is 18.1 Å². The molecule has 19 heavy (non-hydrogen) atoms. The Hall–Kier alpha value is -1.78. The average molecular weight is 258 g/mol. The fraction of sp³-hybridized carbons (Fsp3) is 0.333. The molecule has 1 aromatic carbocycles. The predicted molar refractivity (Wildman–Crippen MR) is 72.7 cm³/mol. The normalized spacial score (nSPS) is 15.6. The first-order valence-electron chi connectivity index (χ1n) is 6.54. The molecule has 0 bridgehead atoms. The van der Waals surface area contributed by atoms with E-state index in [-0.39, 0.29) is 0 Å². The van der Waals surface area contributed by atoms with Crippen molar-refractivity contribution in [3.05, 3.63) is 53.5 Å². The highest BCUT2D eigenvalue weighted by Gasteiger charge is 2.16. The van der Waals surface area contributed by atoms with Crippen molar-refractivity contribution in [2.75, 3.05) is 13.2 Å². The molecule has 0 saturated carbocycles. The number of hydrogen-bond acceptors (Lipinski definition) is 4. The van der Waals surface area contributed by atoms with Crippen LogP contribution in [-0.4, -0.2) is 18.1 Å². The number of para-hydroxylation sites is 1. The van der Waals surface area contributed by atoms with Crippen molar-refractivity contribution >= 4 is 0 Å². The van der Waals surface area contributed by atoms with Gasteiger partial charge in [-0.15, -0.1) is 0 Å². The van der Waals surface area contributed by atoms with E-state index in [0.29, 0.717) is 13.2 Å². The van der Waals surface area contributed by atoms with Gasteiger partial charge in [-0.05, 0) is 12.1 Å². The summed E-state index contributed by atoms with van der Waals surface area (Å²) in [4.78, 5) is 2.32. The molecule has 0 atom stereocenters. The van der Waals surface area contributed by atoms with Gasteiger partial charge >= 0.3 is 0 Å². The molecule has 4 heteroatoms. The summed E-state index contributed by atoms with van der Waals surface area (Å²) in [5.41, 5.74) is 7.86. The smallest absolute Gasteiger partial charge is 0.123 e. The summed E-state index contributed by atoms with van der Waals surface area (Å²) in [7, 11) is 0. The number of ether oxygens (including phenoxy) is 1. The summed E-state index contributed by atoms with van der Waals surface area (Å²) < 4.78 is 11.3. The van der Waals surface area contributed by atoms with E-state index in [9.17, 15) is 0 Å². The molecule has 0 spiro atoms. The Kier molecular flexibility index (Phi) is 3.53. The van der Waals surface area contributed by atoms with Crippen LogP contribution in [0.5, 0.6) is 5.75 Å². The van der Waals surface area contributed by atoms with E-state index in [4.69, 9.17) is 14.9 Å². The Morgan fingerprint density at radius 2 is 2.16 bits per heavy atom. The second-order valence-corrected chi connectivity index (χ2v) is 4.79. The highest BCUT2D eigenvalue weighted by Crippen LogP contribution is 2.23. The van der Waals surface area contributed by atoms with Crippen molar-refractivity contribution in [1.82, 2.24) is 4.90 Å². The lowest BCUT2D eigenvalue weighted by Crippen LogP contribution is -2.25. The molecule has 3 rings (SSSR count). The Balaban J connectivity index is 1.72. The minimum absolute atomic E-state index is 0.523. The maximum atomic E-state index is 5.75. The molecule has 0 amide bonds. The number of rotatable bonds is 3. The lowest BCUT2D eigenvalue weighted by molar-refractivity contribution is 0.206. The molecule has 2 aromatic rings. The van der Waals surface area contributed by atoms with Gasteiger partial charge < -0.3 is 14.9 Å². The molecule has 0 saturated heterocycles. The molecule has 2 heterocycles. The maximum absolute atomic E-state index is 5.75. The summed E-state index contributed by atoms with van der Waals surface area (Å²) in [5, 5.41) is 0. The minimum Gasteiger partial charge on any atom is -0.492 e. The third-order valence-corrected chi connectivity index (χ3v) is 3.35. The zero-order valence-electron chi connectivity index (χ0n) is 10.8. The molecule has 100 valence electrons. The number of nitrogens with two attached hydrogens (primary N) is 1. The number of nitrogens with zero attached hydrogens (tertiary/aromatic N) is 1. The fourth-order valence-corrected chi connectivity index (χ4v) is 2.35. The van der Waals surface area contributed by atoms with Crippen molar-refractivity contribution < 1.29 is 9.15 Å². The SMILES string of the molecule is NCc1coc(CN2CCOc3ccccc3C2)c1. The number of hydrogen-bond donors (Lipinski definition) is 1. The lowest BCUT2D eigenvalue weighted by Gasteiger charge is -2.17. The molecule has 2 N–H and O–H groups in total. The van der Waals surface area contributed by atoms with Crippen molar-refractivity contribution in [1.29, 1.82) is 0 Å². The zero-order valence-corrected chi connectivity index (χ0v) is 10.8. The molecule has 0 aliphatic carbocycles. The van der Waals surface area contributed by atoms with E-state index in [0.717, 1.165) is 36.7 Å². The Morgan fingerprint density at radius 3 is 3.00 bits per heavy atom. The van der Waals surface area contributed by atoms with Gasteiger partial charge in [-0.2, -0.15) is 0 Å². The summed E-state index contributed by atoms with van der Waals surface area (Å²) in [6.07, 6.45) is 1.73. The summed E-state index contributed by atoms with van der Waals surface area (Å²) in [5.74, 6) is 1.95. The van der Waals surface area contributed by atoms with E-state index in [1.165, 1.54) is 5.56 Å². The van der Waals surface area contributed by atoms with E-state index in [1.807, 2.05) is 24.3 Å². The Morgan fingerprint density at radius 1 is 1.26 bits per heavy atom. The van der Waals surface area contributed by atoms with Crippen LogP contribution in [0, 0.1) is 0 Å². The van der Waals surface area contributed by atoms with E-state index < -0.39 is 0 Å². The molecule has 4 nitrogen and oxygen atoms in total. The van der Waals surface area contributed by atoms with Gasteiger partial charge in [-0.1, -0.05) is 18.2 Å². The third kappa shape index (κ3) is 2.80. The Labute approximate surface area is 112 Å². The molecule has 1 aliphatic heterocycles. The molecular formula is C15H18N2O2. The highest BCUT2D eigenvalue weighted by molar-refractivity contribution is 5.33. The van der Waals surface area contributed by atoms with Crippen LogP contribution in [0.3, 0.4) is 0 Å². The highest BCUT2D eigenvalue weighted by atomic mass is 16.5. The van der Waals surface area contributed by atoms with E-state index in [1.54, 1.807) is 6.26 Å². The molecule has 0 radical (unpaired) electrons. The van der Waals surface area contributed by atoms with Crippen molar-refractivity contribution in [2.45, 2.75) is 19.6 Å². The fourth-order valence-electron chi connectivity index (χ4n) is 2.35. The second kappa shape index (κ2) is 5.47. The average Bonchev–Trinajstić information content (AvgIpc) is 2.78. The van der Waals surface area contributed by atoms with Crippen LogP contribution >= 0.6 is 0 Å². The maximum Gasteiger partial charge on any atom is 0.123 e. The lowest BCUT2D eigenvalue weighted by atomic mass is 10.2. The van der Waals surface area contributed by atoms with Crippen LogP contribution in [-0.2, 0) is 19.6 Å². The van der Waals surface area contributed by atoms with Crippen LogP contribution in [0.1, 0.15) is 16.9 Å². The standard InChI is InChI=1S/C15H18N2O2/c16-8-12-7-14(19-11-12)10-17-5-6-18-15-4-2-1-3-13(15)9-17/h1-4,7,11H,5-6,8-10,16H2. The van der Waals surface area contributed by atoms with Crippen LogP contribution in [0.25, 0.3) is 0 Å². The van der Waals surface area contributed by atoms with E-state index >= 15 is 0 Å². The Bertz CT molecular complexity index is 551. The molecule has 1 aliphatic rings. The van der Waals surface area contributed by atoms with Crippen molar-refractivity contribution in [3.63, 3.8) is 0 Å². The van der Waals surface area contributed by atoms with Crippen LogP contribution in [0.4, 0.5) is 0 Å². The quantitative estimate of drug-likeness (QED) is 0.916. The van der Waals surface area contributed by atoms with Crippen LogP contribution in [0.2, 0.25) is 0 Å². The van der Waals surface area contributed by atoms with Gasteiger partial charge in [-0.25, -0.2) is 0 Å². The minimum atomic E-state index is 0.523. The van der Waals surface area contributed by atoms with Gasteiger partial charge in [0.15, 0.2) is 0 Å². The summed E-state index contributed by atoms with van der Waals surface area (Å²) >= 11 is 0. The number of fused-ring (bicyclic) bond motifs is 1. The molecular weight excluding hydrogens is 240 g/mol. The molecule has 0 fully saturated rings. The summed E-state index contributed by atoms with van der Waals surface area (Å²) in [6, 6.07) is 10.2. The first kappa shape index (κ1) is 12.3. The predicted octanol–water partition coefficient (Wildman–Crippen LogP) is 2.13. The van der Waals surface area contributed by atoms with Crippen LogP contribution in [0.15, 0.2) is 41.0 Å². The van der Waals surface area contributed by atoms with Crippen molar-refractivity contribution in [3.8, 4) is 5.75 Å². The topological polar surface area (TPSA) is 51.6 Å². The van der Waals surface area contributed by atoms with Gasteiger partial charge in [0.25, 0.3) is 0 Å². The summed E-state index contributed by atoms with van der Waals surface area (Å²) in [6.45, 7) is 3.80. The third-order valence-electron chi connectivity index (χ3n) is 3.35. The van der Waals surface area contributed by atoms with Gasteiger partial charge in [-0.3, -0.25) is 4.90 Å². The molecule has 0 unspecified atom stereocenters. The van der Waals surface area contributed by atoms with Crippen LogP contribution < -0.4 is 10.5 Å². The second-order valence-electron chi connectivity index (χ2n) is 4.79. The first-order valence-corrected chi connectivity index (χ1v) is 6.54. The first-order chi connectivity index (χ1) is 9.35. The van der Waals surface area contributed by atoms with Crippen molar-refractivity contribution in [2.24, 2.45) is 5.73 Å². The van der Waals surface area contributed by atoms with Gasteiger partial charge in [0, 0.05) is 30.8 Å². The largest absolute Gasteiger partial charge is 0.492 e. The zero-order chi connectivity index (χ0) is 13.1. The molecule has 1 aromatic heterocycles.